The Bertz CT molecular complexity index is 510. The second-order valence-corrected chi connectivity index (χ2v) is 3.83. The maximum Gasteiger partial charge on any atom is 0.139 e. The summed E-state index contributed by atoms with van der Waals surface area (Å²) in [4.78, 5) is 4.33. The molecule has 1 aromatic heterocycles. The highest BCUT2D eigenvalue weighted by Gasteiger charge is 2.06. The summed E-state index contributed by atoms with van der Waals surface area (Å²) in [6.07, 6.45) is 4.30. The first kappa shape index (κ1) is 11.4. The molecule has 1 unspecified atom stereocenters. The first-order valence-corrected chi connectivity index (χ1v) is 5.53. The van der Waals surface area contributed by atoms with Crippen LogP contribution in [0.15, 0.2) is 42.7 Å². The summed E-state index contributed by atoms with van der Waals surface area (Å²) in [6, 6.07) is 11.6. The lowest BCUT2D eigenvalue weighted by atomic mass is 10.2. The molecule has 1 aromatic carbocycles. The number of benzene rings is 1. The van der Waals surface area contributed by atoms with Crippen LogP contribution < -0.4 is 5.73 Å². The van der Waals surface area contributed by atoms with Gasteiger partial charge in [0, 0.05) is 24.5 Å². The van der Waals surface area contributed by atoms with Crippen LogP contribution in [0.1, 0.15) is 6.42 Å². The summed E-state index contributed by atoms with van der Waals surface area (Å²) in [5, 5.41) is 8.65. The highest BCUT2D eigenvalue weighted by Crippen LogP contribution is 2.16. The van der Waals surface area contributed by atoms with Crippen molar-refractivity contribution in [2.45, 2.75) is 19.0 Å². The number of aryl methyl sites for hydroxylation is 1. The van der Waals surface area contributed by atoms with Crippen LogP contribution in [0.3, 0.4) is 0 Å². The molecule has 0 saturated heterocycles. The molecule has 0 bridgehead atoms. The molecular formula is C13H14N4. The van der Waals surface area contributed by atoms with Crippen LogP contribution in [-0.4, -0.2) is 15.6 Å². The Morgan fingerprint density at radius 1 is 1.35 bits per heavy atom. The van der Waals surface area contributed by atoms with E-state index in [-0.39, 0.29) is 0 Å². The van der Waals surface area contributed by atoms with Gasteiger partial charge in [0.2, 0.25) is 0 Å². The van der Waals surface area contributed by atoms with Crippen LogP contribution >= 0.6 is 0 Å². The molecule has 1 heterocycles. The topological polar surface area (TPSA) is 67.6 Å². The van der Waals surface area contributed by atoms with Crippen molar-refractivity contribution in [3.05, 3.63) is 42.7 Å². The molecular weight excluding hydrogens is 212 g/mol. The molecule has 2 N–H and O–H groups in total. The van der Waals surface area contributed by atoms with Crippen molar-refractivity contribution in [2.24, 2.45) is 5.73 Å². The summed E-state index contributed by atoms with van der Waals surface area (Å²) in [7, 11) is 0. The van der Waals surface area contributed by atoms with Crippen LogP contribution in [0, 0.1) is 11.3 Å². The third kappa shape index (κ3) is 2.71. The van der Waals surface area contributed by atoms with Gasteiger partial charge in [-0.1, -0.05) is 30.3 Å². The zero-order valence-electron chi connectivity index (χ0n) is 9.45. The maximum atomic E-state index is 8.65. The highest BCUT2D eigenvalue weighted by atomic mass is 15.1. The molecule has 0 amide bonds. The van der Waals surface area contributed by atoms with E-state index in [0.717, 1.165) is 11.4 Å². The summed E-state index contributed by atoms with van der Waals surface area (Å²) in [6.45, 7) is 0.707. The predicted molar refractivity (Wildman–Crippen MR) is 65.9 cm³/mol. The van der Waals surface area contributed by atoms with Crippen molar-refractivity contribution in [1.29, 1.82) is 5.26 Å². The molecule has 0 aliphatic rings. The maximum absolute atomic E-state index is 8.65. The van der Waals surface area contributed by atoms with Gasteiger partial charge in [0.25, 0.3) is 0 Å². The number of hydrogen-bond acceptors (Lipinski definition) is 3. The molecule has 86 valence electrons. The smallest absolute Gasteiger partial charge is 0.139 e. The Hall–Kier alpha value is -2.12. The predicted octanol–water partition coefficient (Wildman–Crippen LogP) is 1.79. The molecule has 0 fully saturated rings. The normalized spacial score (nSPS) is 12.0. The van der Waals surface area contributed by atoms with Crippen molar-refractivity contribution in [2.75, 3.05) is 0 Å². The van der Waals surface area contributed by atoms with Crippen LogP contribution in [0.2, 0.25) is 0 Å². The second-order valence-electron chi connectivity index (χ2n) is 3.83. The quantitative estimate of drug-likeness (QED) is 0.864. The van der Waals surface area contributed by atoms with Crippen molar-refractivity contribution >= 4 is 0 Å². The summed E-state index contributed by atoms with van der Waals surface area (Å²) in [5.74, 6) is 0.913. The first-order valence-electron chi connectivity index (χ1n) is 5.53. The zero-order chi connectivity index (χ0) is 12.1. The summed E-state index contributed by atoms with van der Waals surface area (Å²) < 4.78 is 2.02. The van der Waals surface area contributed by atoms with E-state index in [9.17, 15) is 0 Å². The van der Waals surface area contributed by atoms with Gasteiger partial charge in [-0.15, -0.1) is 0 Å². The van der Waals surface area contributed by atoms with Crippen molar-refractivity contribution in [3.8, 4) is 17.5 Å². The summed E-state index contributed by atoms with van der Waals surface area (Å²) in [5.41, 5.74) is 6.66. The molecule has 0 radical (unpaired) electrons. The van der Waals surface area contributed by atoms with Crippen LogP contribution in [0.25, 0.3) is 11.4 Å². The summed E-state index contributed by atoms with van der Waals surface area (Å²) >= 11 is 0. The number of nitriles is 1. The lowest BCUT2D eigenvalue weighted by molar-refractivity contribution is 0.609. The minimum Gasteiger partial charge on any atom is -0.331 e. The molecule has 1 atom stereocenters. The number of imidazole rings is 1. The number of hydrogen-bond donors (Lipinski definition) is 1. The zero-order valence-corrected chi connectivity index (χ0v) is 9.45. The van der Waals surface area contributed by atoms with E-state index in [1.165, 1.54) is 0 Å². The monoisotopic (exact) mass is 226 g/mol. The fourth-order valence-corrected chi connectivity index (χ4v) is 1.68. The Kier molecular flexibility index (Phi) is 3.53. The molecule has 2 aromatic rings. The van der Waals surface area contributed by atoms with Gasteiger partial charge in [-0.3, -0.25) is 0 Å². The minimum absolute atomic E-state index is 0.416. The van der Waals surface area contributed by atoms with E-state index >= 15 is 0 Å². The third-order valence-electron chi connectivity index (χ3n) is 2.59. The number of aromatic nitrogens is 2. The van der Waals surface area contributed by atoms with Crippen molar-refractivity contribution < 1.29 is 0 Å². The number of nitrogens with zero attached hydrogens (tertiary/aromatic N) is 3. The first-order chi connectivity index (χ1) is 8.31. The van der Waals surface area contributed by atoms with Gasteiger partial charge in [0.1, 0.15) is 5.82 Å². The van der Waals surface area contributed by atoms with Gasteiger partial charge in [-0.05, 0) is 6.42 Å². The Labute approximate surface area is 100 Å². The molecule has 4 heteroatoms. The molecule has 0 saturated carbocycles. The van der Waals surface area contributed by atoms with E-state index in [2.05, 4.69) is 4.98 Å². The van der Waals surface area contributed by atoms with Crippen molar-refractivity contribution in [3.63, 3.8) is 0 Å². The van der Waals surface area contributed by atoms with Gasteiger partial charge >= 0.3 is 0 Å². The highest BCUT2D eigenvalue weighted by molar-refractivity contribution is 5.55. The SMILES string of the molecule is N#CC(N)CCn1ccnc1-c1ccccc1. The molecule has 4 nitrogen and oxygen atoms in total. The number of rotatable bonds is 4. The Balaban J connectivity index is 2.16. The van der Waals surface area contributed by atoms with E-state index in [1.54, 1.807) is 6.20 Å². The second kappa shape index (κ2) is 5.28. The fraction of sp³-hybridized carbons (Fsp3) is 0.231. The van der Waals surface area contributed by atoms with E-state index < -0.39 is 6.04 Å². The van der Waals surface area contributed by atoms with E-state index in [1.807, 2.05) is 47.2 Å². The average Bonchev–Trinajstić information content (AvgIpc) is 2.85. The molecule has 0 aliphatic heterocycles. The van der Waals surface area contributed by atoms with E-state index in [4.69, 9.17) is 11.0 Å². The van der Waals surface area contributed by atoms with Crippen LogP contribution in [0.5, 0.6) is 0 Å². The van der Waals surface area contributed by atoms with Gasteiger partial charge < -0.3 is 10.3 Å². The molecule has 2 rings (SSSR count). The molecule has 0 aliphatic carbocycles. The van der Waals surface area contributed by atoms with Gasteiger partial charge in [0.05, 0.1) is 12.1 Å². The van der Waals surface area contributed by atoms with Crippen LogP contribution in [0.4, 0.5) is 0 Å². The van der Waals surface area contributed by atoms with Gasteiger partial charge in [0.15, 0.2) is 0 Å². The third-order valence-corrected chi connectivity index (χ3v) is 2.59. The van der Waals surface area contributed by atoms with Gasteiger partial charge in [-0.25, -0.2) is 4.98 Å². The average molecular weight is 226 g/mol. The molecule has 17 heavy (non-hydrogen) atoms. The van der Waals surface area contributed by atoms with Crippen LogP contribution in [-0.2, 0) is 6.54 Å². The minimum atomic E-state index is -0.416. The van der Waals surface area contributed by atoms with Gasteiger partial charge in [-0.2, -0.15) is 5.26 Å². The Morgan fingerprint density at radius 2 is 2.12 bits per heavy atom. The molecule has 0 spiro atoms. The lowest BCUT2D eigenvalue weighted by Crippen LogP contribution is -2.19. The standard InChI is InChI=1S/C13H14N4/c14-10-12(15)6-8-17-9-7-16-13(17)11-4-2-1-3-5-11/h1-5,7,9,12H,6,8,15H2. The van der Waals surface area contributed by atoms with Crippen molar-refractivity contribution in [1.82, 2.24) is 9.55 Å². The largest absolute Gasteiger partial charge is 0.331 e. The number of nitrogens with two attached hydrogens (primary N) is 1. The lowest BCUT2D eigenvalue weighted by Gasteiger charge is -2.08. The van der Waals surface area contributed by atoms with E-state index in [0.29, 0.717) is 13.0 Å². The Morgan fingerprint density at radius 3 is 2.82 bits per heavy atom. The fourth-order valence-electron chi connectivity index (χ4n) is 1.68.